The van der Waals surface area contributed by atoms with Gasteiger partial charge < -0.3 is 5.32 Å². The van der Waals surface area contributed by atoms with Crippen molar-refractivity contribution in [2.75, 3.05) is 13.1 Å². The number of sulfonamides is 1. The third kappa shape index (κ3) is 4.70. The molecule has 6 heteroatoms. The fourth-order valence-corrected chi connectivity index (χ4v) is 5.38. The fourth-order valence-electron chi connectivity index (χ4n) is 3.84. The highest BCUT2D eigenvalue weighted by Gasteiger charge is 2.27. The van der Waals surface area contributed by atoms with E-state index in [9.17, 15) is 13.2 Å². The molecule has 29 heavy (non-hydrogen) atoms. The van der Waals surface area contributed by atoms with E-state index in [0.717, 1.165) is 41.5 Å². The van der Waals surface area contributed by atoms with E-state index in [1.54, 1.807) is 12.1 Å². The maximum atomic E-state index is 13.0. The van der Waals surface area contributed by atoms with Crippen LogP contribution in [0.25, 0.3) is 0 Å². The molecule has 1 aliphatic heterocycles. The second-order valence-corrected chi connectivity index (χ2v) is 9.93. The van der Waals surface area contributed by atoms with E-state index in [-0.39, 0.29) is 16.8 Å². The van der Waals surface area contributed by atoms with E-state index in [4.69, 9.17) is 0 Å². The van der Waals surface area contributed by atoms with Crippen molar-refractivity contribution in [3.63, 3.8) is 0 Å². The largest absolute Gasteiger partial charge is 0.345 e. The first-order valence-electron chi connectivity index (χ1n) is 10.2. The Kier molecular flexibility index (Phi) is 6.44. The molecule has 156 valence electrons. The number of carbonyl (C=O) groups excluding carboxylic acids is 1. The van der Waals surface area contributed by atoms with Gasteiger partial charge in [-0.25, -0.2) is 8.42 Å². The van der Waals surface area contributed by atoms with Gasteiger partial charge in [-0.1, -0.05) is 36.2 Å². The minimum Gasteiger partial charge on any atom is -0.345 e. The molecule has 0 saturated carbocycles. The summed E-state index contributed by atoms with van der Waals surface area (Å²) in [6, 6.07) is 10.8. The first-order valence-corrected chi connectivity index (χ1v) is 11.6. The van der Waals surface area contributed by atoms with E-state index in [1.807, 2.05) is 39.8 Å². The maximum absolute atomic E-state index is 13.0. The van der Waals surface area contributed by atoms with E-state index in [1.165, 1.54) is 10.4 Å². The van der Waals surface area contributed by atoms with Crippen molar-refractivity contribution >= 4 is 15.9 Å². The molecule has 1 N–H and O–H groups in total. The number of hydrogen-bond donors (Lipinski definition) is 1. The second kappa shape index (κ2) is 8.67. The number of nitrogens with one attached hydrogen (secondary N) is 1. The highest BCUT2D eigenvalue weighted by molar-refractivity contribution is 7.89. The van der Waals surface area contributed by atoms with Crippen molar-refractivity contribution in [2.24, 2.45) is 0 Å². The van der Waals surface area contributed by atoms with Gasteiger partial charge >= 0.3 is 0 Å². The van der Waals surface area contributed by atoms with Gasteiger partial charge in [0, 0.05) is 18.7 Å². The van der Waals surface area contributed by atoms with Crippen molar-refractivity contribution in [1.82, 2.24) is 9.62 Å². The zero-order valence-corrected chi connectivity index (χ0v) is 18.5. The van der Waals surface area contributed by atoms with Gasteiger partial charge in [0.05, 0.1) is 10.9 Å². The summed E-state index contributed by atoms with van der Waals surface area (Å²) in [7, 11) is -3.57. The smallest absolute Gasteiger partial charge is 0.252 e. The highest BCUT2D eigenvalue weighted by Crippen LogP contribution is 2.24. The Morgan fingerprint density at radius 1 is 0.966 bits per heavy atom. The predicted molar refractivity (Wildman–Crippen MR) is 116 cm³/mol. The summed E-state index contributed by atoms with van der Waals surface area (Å²) < 4.78 is 27.5. The van der Waals surface area contributed by atoms with Crippen molar-refractivity contribution in [3.05, 3.63) is 64.2 Å². The lowest BCUT2D eigenvalue weighted by Gasteiger charge is -2.26. The predicted octanol–water partition coefficient (Wildman–Crippen LogP) is 4.28. The third-order valence-corrected chi connectivity index (χ3v) is 7.55. The lowest BCUT2D eigenvalue weighted by atomic mass is 9.99. The summed E-state index contributed by atoms with van der Waals surface area (Å²) in [5.41, 5.74) is 4.47. The average Bonchev–Trinajstić information content (AvgIpc) is 2.70. The minimum atomic E-state index is -3.57. The van der Waals surface area contributed by atoms with Crippen molar-refractivity contribution in [3.8, 4) is 0 Å². The molecule has 2 aromatic rings. The number of benzene rings is 2. The van der Waals surface area contributed by atoms with Crippen LogP contribution < -0.4 is 5.32 Å². The monoisotopic (exact) mass is 414 g/mol. The molecule has 3 rings (SSSR count). The molecular weight excluding hydrogens is 384 g/mol. The van der Waals surface area contributed by atoms with Crippen molar-refractivity contribution < 1.29 is 13.2 Å². The van der Waals surface area contributed by atoms with E-state index < -0.39 is 10.0 Å². The average molecular weight is 415 g/mol. The molecule has 1 unspecified atom stereocenters. The summed E-state index contributed by atoms with van der Waals surface area (Å²) in [4.78, 5) is 13.2. The third-order valence-electron chi connectivity index (χ3n) is 5.66. The molecule has 0 bridgehead atoms. The zero-order valence-electron chi connectivity index (χ0n) is 17.7. The Morgan fingerprint density at radius 2 is 1.62 bits per heavy atom. The van der Waals surface area contributed by atoms with Crippen LogP contribution in [0.4, 0.5) is 0 Å². The number of amides is 1. The maximum Gasteiger partial charge on any atom is 0.252 e. The van der Waals surface area contributed by atoms with Crippen LogP contribution in [0.3, 0.4) is 0 Å². The van der Waals surface area contributed by atoms with Gasteiger partial charge in [-0.2, -0.15) is 4.31 Å². The first-order chi connectivity index (χ1) is 13.7. The first kappa shape index (κ1) is 21.5. The topological polar surface area (TPSA) is 66.5 Å². The summed E-state index contributed by atoms with van der Waals surface area (Å²) in [5.74, 6) is -0.258. The lowest BCUT2D eigenvalue weighted by molar-refractivity contribution is 0.0939. The van der Waals surface area contributed by atoms with Gasteiger partial charge in [0.15, 0.2) is 0 Å². The molecule has 0 radical (unpaired) electrons. The zero-order chi connectivity index (χ0) is 21.2. The molecule has 2 aromatic carbocycles. The molecule has 0 aromatic heterocycles. The number of nitrogens with zero attached hydrogens (tertiary/aromatic N) is 1. The van der Waals surface area contributed by atoms with Gasteiger partial charge in [0.25, 0.3) is 5.91 Å². The molecule has 1 saturated heterocycles. The SMILES string of the molecule is Cc1ccc(C)c(C(C)NC(=O)c2cc(S(=O)(=O)N3CCCCC3)ccc2C)c1. The van der Waals surface area contributed by atoms with E-state index in [2.05, 4.69) is 11.4 Å². The summed E-state index contributed by atoms with van der Waals surface area (Å²) in [6.07, 6.45) is 2.82. The lowest BCUT2D eigenvalue weighted by Crippen LogP contribution is -2.36. The van der Waals surface area contributed by atoms with Crippen LogP contribution in [0.2, 0.25) is 0 Å². The summed E-state index contributed by atoms with van der Waals surface area (Å²) >= 11 is 0. The Balaban J connectivity index is 1.85. The standard InChI is InChI=1S/C23H30N2O3S/c1-16-8-9-17(2)21(14-16)19(4)24-23(26)22-15-20(11-10-18(22)3)29(27,28)25-12-6-5-7-13-25/h8-11,14-15,19H,5-7,12-13H2,1-4H3,(H,24,26). The second-order valence-electron chi connectivity index (χ2n) is 8.00. The molecule has 5 nitrogen and oxygen atoms in total. The molecule has 0 spiro atoms. The van der Waals surface area contributed by atoms with Crippen LogP contribution in [0.5, 0.6) is 0 Å². The highest BCUT2D eigenvalue weighted by atomic mass is 32.2. The van der Waals surface area contributed by atoms with Gasteiger partial charge in [-0.15, -0.1) is 0 Å². The molecule has 1 atom stereocenters. The van der Waals surface area contributed by atoms with Gasteiger partial charge in [-0.05, 0) is 69.4 Å². The van der Waals surface area contributed by atoms with Gasteiger partial charge in [0.1, 0.15) is 0 Å². The number of aryl methyl sites for hydroxylation is 3. The molecule has 1 fully saturated rings. The molecule has 0 aliphatic carbocycles. The molecule has 1 heterocycles. The Morgan fingerprint density at radius 3 is 2.31 bits per heavy atom. The van der Waals surface area contributed by atoms with Crippen LogP contribution in [0.1, 0.15) is 64.8 Å². The Labute approximate surface area is 174 Å². The number of piperidine rings is 1. The molecule has 1 amide bonds. The van der Waals surface area contributed by atoms with Gasteiger partial charge in [-0.3, -0.25) is 4.79 Å². The quantitative estimate of drug-likeness (QED) is 0.794. The summed E-state index contributed by atoms with van der Waals surface area (Å²) in [5, 5.41) is 3.03. The molecular formula is C23H30N2O3S. The number of carbonyl (C=O) groups is 1. The fraction of sp³-hybridized carbons (Fsp3) is 0.435. The van der Waals surface area contributed by atoms with Crippen LogP contribution in [-0.4, -0.2) is 31.7 Å². The number of hydrogen-bond acceptors (Lipinski definition) is 3. The van der Waals surface area contributed by atoms with Crippen LogP contribution in [0.15, 0.2) is 41.3 Å². The van der Waals surface area contributed by atoms with E-state index in [0.29, 0.717) is 18.7 Å². The Bertz CT molecular complexity index is 1010. The summed E-state index contributed by atoms with van der Waals surface area (Å²) in [6.45, 7) is 8.91. The van der Waals surface area contributed by atoms with Crippen molar-refractivity contribution in [1.29, 1.82) is 0 Å². The Hall–Kier alpha value is -2.18. The minimum absolute atomic E-state index is 0.177. The van der Waals surface area contributed by atoms with Crippen LogP contribution >= 0.6 is 0 Å². The van der Waals surface area contributed by atoms with Gasteiger partial charge in [0.2, 0.25) is 10.0 Å². The van der Waals surface area contributed by atoms with E-state index >= 15 is 0 Å². The van der Waals surface area contributed by atoms with Crippen LogP contribution in [-0.2, 0) is 10.0 Å². The molecule has 1 aliphatic rings. The van der Waals surface area contributed by atoms with Crippen LogP contribution in [0, 0.1) is 20.8 Å². The van der Waals surface area contributed by atoms with Crippen molar-refractivity contribution in [2.45, 2.75) is 57.9 Å². The normalized spacial score (nSPS) is 16.4. The number of rotatable bonds is 5.